The third-order valence-corrected chi connectivity index (χ3v) is 2.92. The Labute approximate surface area is 84.7 Å². The van der Waals surface area contributed by atoms with Crippen LogP contribution in [0.3, 0.4) is 0 Å². The van der Waals surface area contributed by atoms with Crippen molar-refractivity contribution in [3.8, 4) is 0 Å². The molecule has 0 aliphatic carbocycles. The highest BCUT2D eigenvalue weighted by atomic mass is 14.9. The number of nitrogens with zero attached hydrogens (tertiary/aromatic N) is 1. The van der Waals surface area contributed by atoms with Crippen molar-refractivity contribution in [2.75, 3.05) is 13.1 Å². The Balaban J connectivity index is 2.28. The predicted octanol–water partition coefficient (Wildman–Crippen LogP) is 0.927. The molecule has 2 heterocycles. The lowest BCUT2D eigenvalue weighted by Crippen LogP contribution is -2.46. The summed E-state index contributed by atoms with van der Waals surface area (Å²) in [6.07, 6.45) is 3.80. The van der Waals surface area contributed by atoms with Gasteiger partial charge in [0.15, 0.2) is 0 Å². The molecule has 0 bridgehead atoms. The van der Waals surface area contributed by atoms with E-state index >= 15 is 0 Å². The van der Waals surface area contributed by atoms with Gasteiger partial charge in [0.25, 0.3) is 0 Å². The van der Waals surface area contributed by atoms with Crippen molar-refractivity contribution in [1.82, 2.24) is 10.3 Å². The first-order valence-electron chi connectivity index (χ1n) is 5.13. The average Bonchev–Trinajstić information content (AvgIpc) is 2.19. The molecule has 14 heavy (non-hydrogen) atoms. The Kier molecular flexibility index (Phi) is 2.52. The number of pyridine rings is 1. The van der Waals surface area contributed by atoms with E-state index < -0.39 is 0 Å². The average molecular weight is 191 g/mol. The maximum absolute atomic E-state index is 6.35. The largest absolute Gasteiger partial charge is 0.320 e. The highest BCUT2D eigenvalue weighted by Gasteiger charge is 2.30. The van der Waals surface area contributed by atoms with Gasteiger partial charge in [0.2, 0.25) is 0 Å². The van der Waals surface area contributed by atoms with E-state index in [1.54, 1.807) is 0 Å². The van der Waals surface area contributed by atoms with Crippen LogP contribution in [0.25, 0.3) is 0 Å². The fourth-order valence-electron chi connectivity index (χ4n) is 1.94. The van der Waals surface area contributed by atoms with Gasteiger partial charge in [0.05, 0.1) is 11.2 Å². The zero-order chi connectivity index (χ0) is 10.0. The van der Waals surface area contributed by atoms with Crippen molar-refractivity contribution >= 4 is 0 Å². The number of piperidine rings is 1. The lowest BCUT2D eigenvalue weighted by Gasteiger charge is -2.33. The summed E-state index contributed by atoms with van der Waals surface area (Å²) in [5.41, 5.74) is 8.41. The molecule has 1 saturated heterocycles. The zero-order valence-corrected chi connectivity index (χ0v) is 8.59. The van der Waals surface area contributed by atoms with E-state index in [1.165, 1.54) is 5.56 Å². The second-order valence-corrected chi connectivity index (χ2v) is 4.12. The first-order valence-corrected chi connectivity index (χ1v) is 5.13. The smallest absolute Gasteiger partial charge is 0.0608 e. The van der Waals surface area contributed by atoms with Gasteiger partial charge < -0.3 is 11.1 Å². The number of aromatic nitrogens is 1. The predicted molar refractivity (Wildman–Crippen MR) is 56.9 cm³/mol. The molecule has 0 saturated carbocycles. The Morgan fingerprint density at radius 1 is 1.43 bits per heavy atom. The van der Waals surface area contributed by atoms with E-state index in [1.807, 2.05) is 12.3 Å². The number of nitrogens with one attached hydrogen (secondary N) is 1. The van der Waals surface area contributed by atoms with Crippen LogP contribution in [0, 0.1) is 6.92 Å². The highest BCUT2D eigenvalue weighted by molar-refractivity contribution is 5.21. The summed E-state index contributed by atoms with van der Waals surface area (Å²) >= 11 is 0. The normalized spacial score (nSPS) is 20.7. The first kappa shape index (κ1) is 9.62. The summed E-state index contributed by atoms with van der Waals surface area (Å²) in [5, 5.41) is 3.32. The van der Waals surface area contributed by atoms with Crippen LogP contribution in [0.1, 0.15) is 24.1 Å². The minimum atomic E-state index is -0.211. The van der Waals surface area contributed by atoms with Gasteiger partial charge in [-0.25, -0.2) is 0 Å². The van der Waals surface area contributed by atoms with E-state index in [-0.39, 0.29) is 5.54 Å². The Morgan fingerprint density at radius 2 is 2.14 bits per heavy atom. The van der Waals surface area contributed by atoms with E-state index in [0.717, 1.165) is 31.6 Å². The van der Waals surface area contributed by atoms with Crippen molar-refractivity contribution in [2.45, 2.75) is 25.3 Å². The molecule has 0 radical (unpaired) electrons. The third kappa shape index (κ3) is 1.79. The molecule has 1 aliphatic heterocycles. The quantitative estimate of drug-likeness (QED) is 0.694. The summed E-state index contributed by atoms with van der Waals surface area (Å²) in [4.78, 5) is 4.38. The number of hydrogen-bond donors (Lipinski definition) is 2. The fourth-order valence-corrected chi connectivity index (χ4v) is 1.94. The molecule has 0 spiro atoms. The number of nitrogens with two attached hydrogens (primary N) is 1. The van der Waals surface area contributed by atoms with Gasteiger partial charge in [0, 0.05) is 6.20 Å². The summed E-state index contributed by atoms with van der Waals surface area (Å²) in [6, 6.07) is 4.11. The molecule has 2 rings (SSSR count). The highest BCUT2D eigenvalue weighted by Crippen LogP contribution is 2.26. The molecule has 76 valence electrons. The van der Waals surface area contributed by atoms with Gasteiger partial charge in [-0.3, -0.25) is 4.98 Å². The second-order valence-electron chi connectivity index (χ2n) is 4.12. The molecule has 3 nitrogen and oxygen atoms in total. The fraction of sp³-hybridized carbons (Fsp3) is 0.545. The summed E-state index contributed by atoms with van der Waals surface area (Å²) in [7, 11) is 0. The van der Waals surface area contributed by atoms with Crippen LogP contribution in [0.2, 0.25) is 0 Å². The molecular formula is C11H17N3. The molecule has 0 unspecified atom stereocenters. The monoisotopic (exact) mass is 191 g/mol. The van der Waals surface area contributed by atoms with E-state index in [2.05, 4.69) is 23.3 Å². The molecule has 3 N–H and O–H groups in total. The molecule has 1 fully saturated rings. The second kappa shape index (κ2) is 3.67. The molecule has 0 aromatic carbocycles. The van der Waals surface area contributed by atoms with Crippen LogP contribution in [0.4, 0.5) is 0 Å². The van der Waals surface area contributed by atoms with Crippen molar-refractivity contribution in [1.29, 1.82) is 0 Å². The van der Waals surface area contributed by atoms with Gasteiger partial charge >= 0.3 is 0 Å². The van der Waals surface area contributed by atoms with Crippen molar-refractivity contribution < 1.29 is 0 Å². The Hall–Kier alpha value is -0.930. The van der Waals surface area contributed by atoms with Gasteiger partial charge in [0.1, 0.15) is 0 Å². The molecular weight excluding hydrogens is 174 g/mol. The van der Waals surface area contributed by atoms with Crippen LogP contribution in [0.15, 0.2) is 18.3 Å². The standard InChI is InChI=1S/C11H17N3/c1-9-2-5-14-10(8-9)11(12)3-6-13-7-4-11/h2,5,8,13H,3-4,6-7,12H2,1H3. The van der Waals surface area contributed by atoms with E-state index in [4.69, 9.17) is 5.73 Å². The van der Waals surface area contributed by atoms with Crippen molar-refractivity contribution in [3.05, 3.63) is 29.6 Å². The first-order chi connectivity index (χ1) is 6.71. The Morgan fingerprint density at radius 3 is 2.79 bits per heavy atom. The lowest BCUT2D eigenvalue weighted by atomic mass is 9.85. The maximum atomic E-state index is 6.35. The zero-order valence-electron chi connectivity index (χ0n) is 8.59. The molecule has 1 aromatic heterocycles. The molecule has 0 atom stereocenters. The van der Waals surface area contributed by atoms with Crippen molar-refractivity contribution in [2.24, 2.45) is 5.73 Å². The van der Waals surface area contributed by atoms with Gasteiger partial charge in [-0.15, -0.1) is 0 Å². The molecule has 3 heteroatoms. The molecule has 1 aromatic rings. The van der Waals surface area contributed by atoms with Crippen LogP contribution in [-0.2, 0) is 5.54 Å². The van der Waals surface area contributed by atoms with Gasteiger partial charge in [-0.2, -0.15) is 0 Å². The van der Waals surface area contributed by atoms with Gasteiger partial charge in [-0.1, -0.05) is 0 Å². The SMILES string of the molecule is Cc1ccnc(C2(N)CCNCC2)c1. The number of rotatable bonds is 1. The minimum absolute atomic E-state index is 0.211. The van der Waals surface area contributed by atoms with Gasteiger partial charge in [-0.05, 0) is 50.6 Å². The van der Waals surface area contributed by atoms with Crippen LogP contribution < -0.4 is 11.1 Å². The third-order valence-electron chi connectivity index (χ3n) is 2.92. The Bertz CT molecular complexity index is 316. The lowest BCUT2D eigenvalue weighted by molar-refractivity contribution is 0.310. The topological polar surface area (TPSA) is 50.9 Å². The number of hydrogen-bond acceptors (Lipinski definition) is 3. The van der Waals surface area contributed by atoms with E-state index in [0.29, 0.717) is 0 Å². The van der Waals surface area contributed by atoms with E-state index in [9.17, 15) is 0 Å². The summed E-state index contributed by atoms with van der Waals surface area (Å²) < 4.78 is 0. The van der Waals surface area contributed by atoms with Crippen LogP contribution >= 0.6 is 0 Å². The van der Waals surface area contributed by atoms with Crippen LogP contribution in [0.5, 0.6) is 0 Å². The number of aryl methyl sites for hydroxylation is 1. The molecule has 1 aliphatic rings. The minimum Gasteiger partial charge on any atom is -0.320 e. The van der Waals surface area contributed by atoms with Crippen molar-refractivity contribution in [3.63, 3.8) is 0 Å². The maximum Gasteiger partial charge on any atom is 0.0608 e. The molecule has 0 amide bonds. The summed E-state index contributed by atoms with van der Waals surface area (Å²) in [6.45, 7) is 4.06. The summed E-state index contributed by atoms with van der Waals surface area (Å²) in [5.74, 6) is 0. The van der Waals surface area contributed by atoms with Crippen LogP contribution in [-0.4, -0.2) is 18.1 Å².